The normalized spacial score (nSPS) is 18.4. The number of hydrogen-bond donors (Lipinski definition) is 2. The molecule has 1 aromatic heterocycles. The van der Waals surface area contributed by atoms with Crippen molar-refractivity contribution in [3.63, 3.8) is 0 Å². The molecular weight excluding hydrogens is 362 g/mol. The second kappa shape index (κ2) is 9.25. The van der Waals surface area contributed by atoms with Gasteiger partial charge in [-0.2, -0.15) is 0 Å². The molecule has 2 aromatic rings. The Labute approximate surface area is 173 Å². The maximum absolute atomic E-state index is 12.6. The van der Waals surface area contributed by atoms with Crippen LogP contribution in [0.5, 0.6) is 0 Å². The van der Waals surface area contributed by atoms with Crippen LogP contribution in [0.2, 0.25) is 0 Å². The number of benzene rings is 1. The van der Waals surface area contributed by atoms with Gasteiger partial charge in [-0.25, -0.2) is 9.97 Å². The lowest BCUT2D eigenvalue weighted by Gasteiger charge is -2.32. The van der Waals surface area contributed by atoms with Crippen LogP contribution >= 0.6 is 0 Å². The summed E-state index contributed by atoms with van der Waals surface area (Å²) in [7, 11) is 0. The van der Waals surface area contributed by atoms with Crippen molar-refractivity contribution in [2.45, 2.75) is 57.9 Å². The number of hydrogen-bond acceptors (Lipinski definition) is 5. The molecule has 2 heterocycles. The van der Waals surface area contributed by atoms with E-state index < -0.39 is 0 Å². The molecule has 1 saturated carbocycles. The molecule has 2 N–H and O–H groups in total. The number of piperidine rings is 1. The smallest absolute Gasteiger partial charge is 0.274 e. The van der Waals surface area contributed by atoms with Crippen molar-refractivity contribution >= 4 is 23.2 Å². The highest BCUT2D eigenvalue weighted by molar-refractivity contribution is 6.03. The van der Waals surface area contributed by atoms with Gasteiger partial charge in [-0.15, -0.1) is 0 Å². The Morgan fingerprint density at radius 2 is 1.72 bits per heavy atom. The van der Waals surface area contributed by atoms with E-state index in [1.54, 1.807) is 12.3 Å². The van der Waals surface area contributed by atoms with E-state index in [1.807, 2.05) is 12.1 Å². The Morgan fingerprint density at radius 1 is 1.00 bits per heavy atom. The quantitative estimate of drug-likeness (QED) is 0.770. The fraction of sp³-hybridized carbons (Fsp3) is 0.522. The van der Waals surface area contributed by atoms with Crippen LogP contribution in [-0.4, -0.2) is 35.0 Å². The van der Waals surface area contributed by atoms with E-state index in [-0.39, 0.29) is 5.91 Å². The Bertz CT molecular complexity index is 808. The summed E-state index contributed by atoms with van der Waals surface area (Å²) in [6.45, 7) is 4.52. The third kappa shape index (κ3) is 5.25. The fourth-order valence-electron chi connectivity index (χ4n) is 4.20. The second-order valence-electron chi connectivity index (χ2n) is 8.42. The molecule has 1 aliphatic carbocycles. The lowest BCUT2D eigenvalue weighted by Crippen LogP contribution is -2.32. The lowest BCUT2D eigenvalue weighted by atomic mass is 9.96. The summed E-state index contributed by atoms with van der Waals surface area (Å²) in [5, 5.41) is 6.33. The van der Waals surface area contributed by atoms with Crippen molar-refractivity contribution in [1.29, 1.82) is 0 Å². The van der Waals surface area contributed by atoms with Gasteiger partial charge < -0.3 is 15.5 Å². The summed E-state index contributed by atoms with van der Waals surface area (Å²) in [6, 6.07) is 10.2. The van der Waals surface area contributed by atoms with Gasteiger partial charge in [0.1, 0.15) is 5.69 Å². The standard InChI is InChI=1S/C23H31N5O/c1-17-12-15-28(16-13-17)20-9-7-19(8-10-20)25-22(29)21-11-14-24-23(27-21)26-18-5-3-2-4-6-18/h7-11,14,17-18H,2-6,12-13,15-16H2,1H3,(H,25,29)(H,24,26,27). The van der Waals surface area contributed by atoms with Crippen LogP contribution < -0.4 is 15.5 Å². The van der Waals surface area contributed by atoms with E-state index in [2.05, 4.69) is 44.6 Å². The third-order valence-electron chi connectivity index (χ3n) is 6.10. The molecule has 1 amide bonds. The average Bonchev–Trinajstić information content (AvgIpc) is 2.76. The van der Waals surface area contributed by atoms with Gasteiger partial charge in [-0.1, -0.05) is 26.2 Å². The summed E-state index contributed by atoms with van der Waals surface area (Å²) in [4.78, 5) is 23.8. The molecular formula is C23H31N5O. The summed E-state index contributed by atoms with van der Waals surface area (Å²) < 4.78 is 0. The van der Waals surface area contributed by atoms with Crippen LogP contribution in [0.3, 0.4) is 0 Å². The van der Waals surface area contributed by atoms with Crippen LogP contribution in [0, 0.1) is 5.92 Å². The van der Waals surface area contributed by atoms with E-state index in [9.17, 15) is 4.79 Å². The molecule has 4 rings (SSSR count). The number of nitrogens with one attached hydrogen (secondary N) is 2. The first kappa shape index (κ1) is 19.7. The highest BCUT2D eigenvalue weighted by atomic mass is 16.1. The lowest BCUT2D eigenvalue weighted by molar-refractivity contribution is 0.102. The monoisotopic (exact) mass is 393 g/mol. The average molecular weight is 394 g/mol. The number of carbonyl (C=O) groups excluding carboxylic acids is 1. The molecule has 154 valence electrons. The predicted octanol–water partition coefficient (Wildman–Crippen LogP) is 4.71. The van der Waals surface area contributed by atoms with Crippen molar-refractivity contribution in [2.75, 3.05) is 28.6 Å². The summed E-state index contributed by atoms with van der Waals surface area (Å²) in [6.07, 6.45) is 10.2. The topological polar surface area (TPSA) is 70.2 Å². The molecule has 0 atom stereocenters. The minimum absolute atomic E-state index is 0.210. The van der Waals surface area contributed by atoms with Gasteiger partial charge in [0.25, 0.3) is 5.91 Å². The largest absolute Gasteiger partial charge is 0.372 e. The second-order valence-corrected chi connectivity index (χ2v) is 8.42. The molecule has 0 spiro atoms. The number of aromatic nitrogens is 2. The number of carbonyl (C=O) groups is 1. The minimum atomic E-state index is -0.210. The third-order valence-corrected chi connectivity index (χ3v) is 6.10. The number of amides is 1. The zero-order valence-corrected chi connectivity index (χ0v) is 17.2. The Morgan fingerprint density at radius 3 is 2.45 bits per heavy atom. The molecule has 1 aliphatic heterocycles. The molecule has 2 fully saturated rings. The molecule has 0 bridgehead atoms. The van der Waals surface area contributed by atoms with Gasteiger partial charge in [0.15, 0.2) is 0 Å². The first-order valence-corrected chi connectivity index (χ1v) is 10.9. The summed E-state index contributed by atoms with van der Waals surface area (Å²) in [5.74, 6) is 1.15. The molecule has 0 radical (unpaired) electrons. The number of anilines is 3. The predicted molar refractivity (Wildman–Crippen MR) is 118 cm³/mol. The molecule has 1 saturated heterocycles. The van der Waals surface area contributed by atoms with Crippen LogP contribution in [0.4, 0.5) is 17.3 Å². The molecule has 29 heavy (non-hydrogen) atoms. The van der Waals surface area contributed by atoms with Gasteiger partial charge in [-0.3, -0.25) is 4.79 Å². The molecule has 2 aliphatic rings. The van der Waals surface area contributed by atoms with Crippen molar-refractivity contribution < 1.29 is 4.79 Å². The first-order valence-electron chi connectivity index (χ1n) is 10.9. The van der Waals surface area contributed by atoms with Gasteiger partial charge in [-0.05, 0) is 61.9 Å². The summed E-state index contributed by atoms with van der Waals surface area (Å²) in [5.41, 5.74) is 2.38. The maximum Gasteiger partial charge on any atom is 0.274 e. The van der Waals surface area contributed by atoms with Gasteiger partial charge in [0.2, 0.25) is 5.95 Å². The Kier molecular flexibility index (Phi) is 6.27. The highest BCUT2D eigenvalue weighted by Gasteiger charge is 2.17. The first-order chi connectivity index (χ1) is 14.2. The van der Waals surface area contributed by atoms with E-state index in [1.165, 1.54) is 37.8 Å². The molecule has 6 nitrogen and oxygen atoms in total. The van der Waals surface area contributed by atoms with Crippen molar-refractivity contribution in [1.82, 2.24) is 9.97 Å². The minimum Gasteiger partial charge on any atom is -0.372 e. The zero-order valence-electron chi connectivity index (χ0n) is 17.2. The van der Waals surface area contributed by atoms with E-state index in [0.717, 1.165) is 37.5 Å². The van der Waals surface area contributed by atoms with Crippen LogP contribution in [0.25, 0.3) is 0 Å². The Hall–Kier alpha value is -2.63. The number of nitrogens with zero attached hydrogens (tertiary/aromatic N) is 3. The molecule has 0 unspecified atom stereocenters. The van der Waals surface area contributed by atoms with Crippen molar-refractivity contribution in [2.24, 2.45) is 5.92 Å². The van der Waals surface area contributed by atoms with Crippen molar-refractivity contribution in [3.8, 4) is 0 Å². The van der Waals surface area contributed by atoms with Crippen LogP contribution in [-0.2, 0) is 0 Å². The zero-order chi connectivity index (χ0) is 20.1. The van der Waals surface area contributed by atoms with Crippen LogP contribution in [0.1, 0.15) is 62.4 Å². The highest BCUT2D eigenvalue weighted by Crippen LogP contribution is 2.24. The van der Waals surface area contributed by atoms with Gasteiger partial charge in [0.05, 0.1) is 0 Å². The van der Waals surface area contributed by atoms with Crippen LogP contribution in [0.15, 0.2) is 36.5 Å². The molecule has 6 heteroatoms. The fourth-order valence-corrected chi connectivity index (χ4v) is 4.20. The van der Waals surface area contributed by atoms with E-state index in [0.29, 0.717) is 17.7 Å². The van der Waals surface area contributed by atoms with Gasteiger partial charge in [0, 0.05) is 36.7 Å². The van der Waals surface area contributed by atoms with Gasteiger partial charge >= 0.3 is 0 Å². The van der Waals surface area contributed by atoms with E-state index >= 15 is 0 Å². The van der Waals surface area contributed by atoms with E-state index in [4.69, 9.17) is 0 Å². The molecule has 1 aromatic carbocycles. The SMILES string of the molecule is CC1CCN(c2ccc(NC(=O)c3ccnc(NC4CCCCC4)n3)cc2)CC1. The van der Waals surface area contributed by atoms with Crippen molar-refractivity contribution in [3.05, 3.63) is 42.2 Å². The Balaban J connectivity index is 1.35. The summed E-state index contributed by atoms with van der Waals surface area (Å²) >= 11 is 0. The maximum atomic E-state index is 12.6. The number of rotatable bonds is 5.